The van der Waals surface area contributed by atoms with E-state index in [0.717, 1.165) is 5.39 Å². The van der Waals surface area contributed by atoms with E-state index < -0.39 is 19.8 Å². The second kappa shape index (κ2) is 4.93. The van der Waals surface area contributed by atoms with Crippen LogP contribution in [0.15, 0.2) is 23.1 Å². The quantitative estimate of drug-likeness (QED) is 0.174. The van der Waals surface area contributed by atoms with Crippen molar-refractivity contribution in [2.45, 2.75) is 0 Å². The van der Waals surface area contributed by atoms with Crippen molar-refractivity contribution < 1.29 is 21.2 Å². The number of nitrogens with two attached hydrogens (primary N) is 1. The summed E-state index contributed by atoms with van der Waals surface area (Å²) in [6.07, 6.45) is 1.80. The zero-order chi connectivity index (χ0) is 12.7. The van der Waals surface area contributed by atoms with Crippen molar-refractivity contribution in [3.8, 4) is 0 Å². The fraction of sp³-hybridized carbons (Fsp3) is 0.273. The van der Waals surface area contributed by atoms with Gasteiger partial charge < -0.3 is 0 Å². The maximum atomic E-state index is 12.1. The molecule has 18 heavy (non-hydrogen) atoms. The first-order chi connectivity index (χ1) is 8.70. The molecule has 1 aliphatic rings. The van der Waals surface area contributed by atoms with Gasteiger partial charge in [0.1, 0.15) is 0 Å². The van der Waals surface area contributed by atoms with E-state index in [4.69, 9.17) is 5.84 Å². The van der Waals surface area contributed by atoms with E-state index in [2.05, 4.69) is 16.5 Å². The van der Waals surface area contributed by atoms with Crippen LogP contribution in [0.1, 0.15) is 0 Å². The van der Waals surface area contributed by atoms with Gasteiger partial charge in [-0.15, -0.1) is 0 Å². The van der Waals surface area contributed by atoms with E-state index in [-0.39, 0.29) is 5.56 Å². The number of nitrogen functional groups attached to an aromatic ring is 1. The molecule has 5 nitrogen and oxygen atoms in total. The Balaban J connectivity index is 2.28. The number of halogens is 2. The van der Waals surface area contributed by atoms with Crippen LogP contribution in [-0.2, 0) is 7.05 Å². The van der Waals surface area contributed by atoms with Crippen molar-refractivity contribution in [1.29, 1.82) is 0 Å². The number of hydrazine groups is 1. The molecule has 3 heterocycles. The first kappa shape index (κ1) is 12.6. The molecular formula is C11H13I2N4O-. The summed E-state index contributed by atoms with van der Waals surface area (Å²) >= 11 is -0.512. The third-order valence-electron chi connectivity index (χ3n) is 2.83. The van der Waals surface area contributed by atoms with Crippen LogP contribution in [0.2, 0.25) is 0 Å². The molecule has 3 N–H and O–H groups in total. The molecule has 0 spiro atoms. The summed E-state index contributed by atoms with van der Waals surface area (Å²) in [6, 6.07) is 4.07. The monoisotopic (exact) mass is 471 g/mol. The third-order valence-corrected chi connectivity index (χ3v) is 22.0. The third kappa shape index (κ3) is 2.01. The van der Waals surface area contributed by atoms with Gasteiger partial charge >= 0.3 is 123 Å². The number of nitrogens with zero attached hydrogens (tertiary/aromatic N) is 2. The van der Waals surface area contributed by atoms with Crippen molar-refractivity contribution in [2.75, 3.05) is 10.3 Å². The van der Waals surface area contributed by atoms with Crippen molar-refractivity contribution in [3.05, 3.63) is 32.4 Å². The molecule has 0 radical (unpaired) electrons. The Bertz CT molecular complexity index is 666. The second-order valence-electron chi connectivity index (χ2n) is 3.98. The molecular weight excluding hydrogens is 458 g/mol. The summed E-state index contributed by atoms with van der Waals surface area (Å²) in [5.41, 5.74) is 2.54. The van der Waals surface area contributed by atoms with Crippen LogP contribution in [0.4, 0.5) is 5.82 Å². The number of pyridine rings is 2. The summed E-state index contributed by atoms with van der Waals surface area (Å²) in [4.78, 5) is 16.7. The Kier molecular flexibility index (Phi) is 3.45. The minimum absolute atomic E-state index is 0.0515. The molecule has 0 aliphatic carbocycles. The van der Waals surface area contributed by atoms with E-state index in [9.17, 15) is 4.79 Å². The summed E-state index contributed by atoms with van der Waals surface area (Å²) in [5.74, 6) is 6.06. The number of rotatable bonds is 2. The van der Waals surface area contributed by atoms with Crippen molar-refractivity contribution in [3.63, 3.8) is 0 Å². The molecule has 0 amide bonds. The Morgan fingerprint density at radius 2 is 2.33 bits per heavy atom. The summed E-state index contributed by atoms with van der Waals surface area (Å²) < 4.78 is 5.66. The van der Waals surface area contributed by atoms with Crippen LogP contribution in [0, 0.1) is 3.70 Å². The van der Waals surface area contributed by atoms with Crippen molar-refractivity contribution in [2.24, 2.45) is 12.9 Å². The van der Waals surface area contributed by atoms with Crippen LogP contribution in [0.5, 0.6) is 0 Å². The number of hydrogen-bond acceptors (Lipinski definition) is 4. The first-order valence-corrected chi connectivity index (χ1v) is 12.5. The summed E-state index contributed by atoms with van der Waals surface area (Å²) in [5, 5.41) is 1.55. The molecule has 0 saturated carbocycles. The molecule has 1 fully saturated rings. The Morgan fingerprint density at radius 3 is 2.94 bits per heavy atom. The molecule has 2 aromatic rings. The van der Waals surface area contributed by atoms with E-state index >= 15 is 0 Å². The van der Waals surface area contributed by atoms with Crippen LogP contribution < -0.4 is 38.0 Å². The van der Waals surface area contributed by atoms with Crippen LogP contribution in [-0.4, -0.2) is 14.4 Å². The first-order valence-electron chi connectivity index (χ1n) is 5.33. The molecule has 98 valence electrons. The van der Waals surface area contributed by atoms with Gasteiger partial charge in [0.15, 0.2) is 0 Å². The maximum absolute atomic E-state index is 12.1. The van der Waals surface area contributed by atoms with Gasteiger partial charge in [0.05, 0.1) is 0 Å². The van der Waals surface area contributed by atoms with E-state index in [1.807, 2.05) is 6.07 Å². The second-order valence-corrected chi connectivity index (χ2v) is 17.7. The molecule has 7 heteroatoms. The molecule has 0 bridgehead atoms. The summed E-state index contributed by atoms with van der Waals surface area (Å²) in [7, 11) is 1.74. The predicted octanol–water partition coefficient (Wildman–Crippen LogP) is -2.09. The predicted molar refractivity (Wildman–Crippen MR) is 77.2 cm³/mol. The van der Waals surface area contributed by atoms with Gasteiger partial charge in [-0.2, -0.15) is 0 Å². The normalized spacial score (nSPS) is 17.1. The van der Waals surface area contributed by atoms with Gasteiger partial charge in [0.25, 0.3) is 0 Å². The summed E-state index contributed by atoms with van der Waals surface area (Å²) in [6.45, 7) is 0. The standard InChI is InChI=1S/C11H13I2N4O/c1-17-3-2-7-4-8(13-5-12-6-13)15-10(16-14)9(7)11(17)18/h2-4H,5-6,14H2,1H3,(H,15,16)/q-1. The molecule has 1 aliphatic heterocycles. The minimum atomic E-state index is -0.979. The van der Waals surface area contributed by atoms with E-state index in [0.29, 0.717) is 32.4 Å². The zero-order valence-corrected chi connectivity index (χ0v) is 14.1. The van der Waals surface area contributed by atoms with Gasteiger partial charge in [-0.25, -0.2) is 0 Å². The molecule has 0 aromatic carbocycles. The number of hydrogen-bond donors (Lipinski definition) is 2. The van der Waals surface area contributed by atoms with E-state index in [1.165, 1.54) is 8.57 Å². The molecule has 0 unspecified atom stereocenters. The Morgan fingerprint density at radius 1 is 1.56 bits per heavy atom. The number of aryl methyl sites for hydroxylation is 1. The zero-order valence-electron chi connectivity index (χ0n) is 9.78. The van der Waals surface area contributed by atoms with Crippen LogP contribution in [0.25, 0.3) is 10.8 Å². The number of aromatic nitrogens is 2. The van der Waals surface area contributed by atoms with Gasteiger partial charge in [-0.05, 0) is 0 Å². The fourth-order valence-corrected chi connectivity index (χ4v) is 14.0. The van der Waals surface area contributed by atoms with Gasteiger partial charge in [0.2, 0.25) is 0 Å². The van der Waals surface area contributed by atoms with Crippen LogP contribution >= 0.6 is 19.8 Å². The van der Waals surface area contributed by atoms with Gasteiger partial charge in [0, 0.05) is 0 Å². The Hall–Kier alpha value is -0.420. The molecule has 0 atom stereocenters. The number of anilines is 1. The molecule has 2 aromatic heterocycles. The topological polar surface area (TPSA) is 72.9 Å². The molecule has 1 saturated heterocycles. The fourth-order valence-electron chi connectivity index (χ4n) is 1.81. The van der Waals surface area contributed by atoms with E-state index in [1.54, 1.807) is 17.8 Å². The van der Waals surface area contributed by atoms with Gasteiger partial charge in [-0.3, -0.25) is 0 Å². The average Bonchev–Trinajstić information content (AvgIpc) is 2.31. The molecule has 3 rings (SSSR count). The Labute approximate surface area is 122 Å². The number of nitrogens with one attached hydrogen (secondary N) is 1. The van der Waals surface area contributed by atoms with Gasteiger partial charge in [-0.1, -0.05) is 0 Å². The SMILES string of the molecule is Cn1ccc2cc(I3C[I-]C3)nc(NN)c2c1=O. The van der Waals surface area contributed by atoms with Crippen molar-refractivity contribution >= 4 is 36.4 Å². The average molecular weight is 471 g/mol. The number of alkyl halides is 4. The number of fused-ring (bicyclic) bond motifs is 1. The van der Waals surface area contributed by atoms with Crippen molar-refractivity contribution in [1.82, 2.24) is 9.55 Å². The van der Waals surface area contributed by atoms with Crippen LogP contribution in [0.3, 0.4) is 0 Å².